The number of aromatic nitrogens is 1. The monoisotopic (exact) mass is 273 g/mol. The first-order chi connectivity index (χ1) is 8.98. The zero-order valence-electron chi connectivity index (χ0n) is 10.6. The van der Waals surface area contributed by atoms with Crippen molar-refractivity contribution in [2.45, 2.75) is 44.4 Å². The van der Waals surface area contributed by atoms with Gasteiger partial charge in [0.05, 0.1) is 12.0 Å². The topological polar surface area (TPSA) is 33.1 Å². The molecule has 0 aromatic carbocycles. The summed E-state index contributed by atoms with van der Waals surface area (Å²) in [6, 6.07) is 3.51. The van der Waals surface area contributed by atoms with Gasteiger partial charge >= 0.3 is 6.18 Å². The van der Waals surface area contributed by atoms with E-state index in [-0.39, 0.29) is 12.8 Å². The summed E-state index contributed by atoms with van der Waals surface area (Å²) in [4.78, 5) is 3.92. The molecule has 0 saturated heterocycles. The number of alkyl halides is 3. The number of hydrogen-bond acceptors (Lipinski definition) is 2. The van der Waals surface area contributed by atoms with Crippen molar-refractivity contribution < 1.29 is 18.3 Å². The van der Waals surface area contributed by atoms with E-state index in [1.807, 2.05) is 0 Å². The summed E-state index contributed by atoms with van der Waals surface area (Å²) in [5.41, 5.74) is 0.779. The largest absolute Gasteiger partial charge is 0.392 e. The second kappa shape index (κ2) is 5.90. The molecule has 19 heavy (non-hydrogen) atoms. The average Bonchev–Trinajstić information content (AvgIpc) is 2.39. The fraction of sp³-hybridized carbons (Fsp3) is 0.643. The molecule has 1 aliphatic rings. The standard InChI is InChI=1S/C14H18F3NO/c15-14(16,17)12-6-2-1-5-11(12)13(19)8-10-4-3-7-18-9-10/h3-4,7,9,11-13,19H,1-2,5-6,8H2. The summed E-state index contributed by atoms with van der Waals surface area (Å²) < 4.78 is 38.9. The van der Waals surface area contributed by atoms with Crippen LogP contribution in [0.1, 0.15) is 31.2 Å². The molecule has 3 unspecified atom stereocenters. The Hall–Kier alpha value is -1.10. The third-order valence-electron chi connectivity index (χ3n) is 3.90. The Kier molecular flexibility index (Phi) is 4.45. The Morgan fingerprint density at radius 2 is 2.05 bits per heavy atom. The van der Waals surface area contributed by atoms with Gasteiger partial charge in [-0.15, -0.1) is 0 Å². The lowest BCUT2D eigenvalue weighted by Crippen LogP contribution is -2.40. The highest BCUT2D eigenvalue weighted by molar-refractivity contribution is 5.10. The lowest BCUT2D eigenvalue weighted by atomic mass is 9.74. The number of aliphatic hydroxyl groups is 1. The molecule has 0 spiro atoms. The molecule has 3 atom stereocenters. The summed E-state index contributed by atoms with van der Waals surface area (Å²) in [6.07, 6.45) is 0.234. The van der Waals surface area contributed by atoms with E-state index in [4.69, 9.17) is 0 Å². The predicted octanol–water partition coefficient (Wildman–Crippen LogP) is 3.35. The van der Waals surface area contributed by atoms with Crippen molar-refractivity contribution in [1.82, 2.24) is 4.98 Å². The maximum absolute atomic E-state index is 13.0. The summed E-state index contributed by atoms with van der Waals surface area (Å²) in [7, 11) is 0. The zero-order valence-corrected chi connectivity index (χ0v) is 10.6. The van der Waals surface area contributed by atoms with Crippen LogP contribution in [-0.4, -0.2) is 22.4 Å². The third-order valence-corrected chi connectivity index (χ3v) is 3.90. The molecule has 1 heterocycles. The van der Waals surface area contributed by atoms with Crippen molar-refractivity contribution >= 4 is 0 Å². The molecule has 5 heteroatoms. The van der Waals surface area contributed by atoms with Gasteiger partial charge in [0.25, 0.3) is 0 Å². The van der Waals surface area contributed by atoms with Crippen LogP contribution in [0.15, 0.2) is 24.5 Å². The van der Waals surface area contributed by atoms with Crippen LogP contribution in [0.2, 0.25) is 0 Å². The van der Waals surface area contributed by atoms with E-state index in [1.165, 1.54) is 0 Å². The number of pyridine rings is 1. The van der Waals surface area contributed by atoms with E-state index in [2.05, 4.69) is 4.98 Å². The molecule has 0 bridgehead atoms. The van der Waals surface area contributed by atoms with Gasteiger partial charge in [-0.25, -0.2) is 0 Å². The molecule has 1 saturated carbocycles. The SMILES string of the molecule is OC(Cc1cccnc1)C1CCCCC1C(F)(F)F. The third kappa shape index (κ3) is 3.69. The Labute approximate surface area is 110 Å². The molecule has 0 amide bonds. The molecule has 2 rings (SSSR count). The Bertz CT molecular complexity index is 393. The minimum absolute atomic E-state index is 0.137. The Morgan fingerprint density at radius 3 is 2.68 bits per heavy atom. The lowest BCUT2D eigenvalue weighted by molar-refractivity contribution is -0.206. The van der Waals surface area contributed by atoms with E-state index in [0.29, 0.717) is 12.8 Å². The highest BCUT2D eigenvalue weighted by Crippen LogP contribution is 2.43. The molecule has 0 aliphatic heterocycles. The van der Waals surface area contributed by atoms with Gasteiger partial charge in [0.2, 0.25) is 0 Å². The minimum Gasteiger partial charge on any atom is -0.392 e. The first-order valence-corrected chi connectivity index (χ1v) is 6.62. The number of nitrogens with zero attached hydrogens (tertiary/aromatic N) is 1. The van der Waals surface area contributed by atoms with Crippen molar-refractivity contribution in [2.75, 3.05) is 0 Å². The van der Waals surface area contributed by atoms with Crippen molar-refractivity contribution in [3.8, 4) is 0 Å². The number of hydrogen-bond donors (Lipinski definition) is 1. The van der Waals surface area contributed by atoms with Crippen LogP contribution in [0.5, 0.6) is 0 Å². The molecule has 0 radical (unpaired) electrons. The summed E-state index contributed by atoms with van der Waals surface area (Å²) in [5.74, 6) is -2.05. The summed E-state index contributed by atoms with van der Waals surface area (Å²) in [5, 5.41) is 10.1. The maximum atomic E-state index is 13.0. The Morgan fingerprint density at radius 1 is 1.32 bits per heavy atom. The van der Waals surface area contributed by atoms with Crippen molar-refractivity contribution in [3.63, 3.8) is 0 Å². The number of rotatable bonds is 3. The molecule has 1 aromatic rings. The van der Waals surface area contributed by atoms with Crippen molar-refractivity contribution in [2.24, 2.45) is 11.8 Å². The van der Waals surface area contributed by atoms with Crippen LogP contribution in [0.4, 0.5) is 13.2 Å². The van der Waals surface area contributed by atoms with Crippen LogP contribution >= 0.6 is 0 Å². The van der Waals surface area contributed by atoms with Crippen LogP contribution in [0, 0.1) is 11.8 Å². The zero-order chi connectivity index (χ0) is 13.9. The van der Waals surface area contributed by atoms with Gasteiger partial charge in [0.15, 0.2) is 0 Å². The summed E-state index contributed by atoms with van der Waals surface area (Å²) in [6.45, 7) is 0. The number of aliphatic hydroxyl groups excluding tert-OH is 1. The second-order valence-corrected chi connectivity index (χ2v) is 5.23. The van der Waals surface area contributed by atoms with Crippen molar-refractivity contribution in [3.05, 3.63) is 30.1 Å². The molecule has 1 fully saturated rings. The molecule has 1 N–H and O–H groups in total. The van der Waals surface area contributed by atoms with Crippen LogP contribution in [0.25, 0.3) is 0 Å². The van der Waals surface area contributed by atoms with Crippen LogP contribution in [0.3, 0.4) is 0 Å². The van der Waals surface area contributed by atoms with Gasteiger partial charge in [0.1, 0.15) is 0 Å². The molecule has 1 aliphatic carbocycles. The Balaban J connectivity index is 2.05. The van der Waals surface area contributed by atoms with Crippen molar-refractivity contribution in [1.29, 1.82) is 0 Å². The fourth-order valence-corrected chi connectivity index (χ4v) is 2.94. The van der Waals surface area contributed by atoms with E-state index in [1.54, 1.807) is 24.5 Å². The van der Waals surface area contributed by atoms with E-state index in [9.17, 15) is 18.3 Å². The van der Waals surface area contributed by atoms with Crippen LogP contribution in [-0.2, 0) is 6.42 Å². The molecular formula is C14H18F3NO. The molecule has 1 aromatic heterocycles. The van der Waals surface area contributed by atoms with Gasteiger partial charge < -0.3 is 5.11 Å². The maximum Gasteiger partial charge on any atom is 0.392 e. The highest BCUT2D eigenvalue weighted by atomic mass is 19.4. The average molecular weight is 273 g/mol. The minimum atomic E-state index is -4.21. The molecule has 106 valence electrons. The normalized spacial score (nSPS) is 26.1. The molecular weight excluding hydrogens is 255 g/mol. The number of halogens is 3. The second-order valence-electron chi connectivity index (χ2n) is 5.23. The van der Waals surface area contributed by atoms with Crippen LogP contribution < -0.4 is 0 Å². The van der Waals surface area contributed by atoms with Gasteiger partial charge in [-0.3, -0.25) is 4.98 Å². The fourth-order valence-electron chi connectivity index (χ4n) is 2.94. The lowest BCUT2D eigenvalue weighted by Gasteiger charge is -2.36. The first-order valence-electron chi connectivity index (χ1n) is 6.62. The predicted molar refractivity (Wildman–Crippen MR) is 65.5 cm³/mol. The first kappa shape index (κ1) is 14.3. The quantitative estimate of drug-likeness (QED) is 0.916. The van der Waals surface area contributed by atoms with E-state index >= 15 is 0 Å². The molecule has 2 nitrogen and oxygen atoms in total. The van der Waals surface area contributed by atoms with Gasteiger partial charge in [-0.1, -0.05) is 18.9 Å². The van der Waals surface area contributed by atoms with Gasteiger partial charge in [-0.2, -0.15) is 13.2 Å². The summed E-state index contributed by atoms with van der Waals surface area (Å²) >= 11 is 0. The van der Waals surface area contributed by atoms with E-state index in [0.717, 1.165) is 12.0 Å². The highest BCUT2D eigenvalue weighted by Gasteiger charge is 2.47. The smallest absolute Gasteiger partial charge is 0.392 e. The van der Waals surface area contributed by atoms with E-state index < -0.39 is 24.1 Å². The van der Waals surface area contributed by atoms with Gasteiger partial charge in [0, 0.05) is 18.8 Å². The van der Waals surface area contributed by atoms with Gasteiger partial charge in [-0.05, 0) is 30.4 Å².